The number of hydrogen-bond donors (Lipinski definition) is 1. The topological polar surface area (TPSA) is 48.3 Å². The summed E-state index contributed by atoms with van der Waals surface area (Å²) in [5.41, 5.74) is -0.292. The van der Waals surface area contributed by atoms with Gasteiger partial charge >= 0.3 is 0 Å². The van der Waals surface area contributed by atoms with Crippen LogP contribution in [0.15, 0.2) is 0 Å². The van der Waals surface area contributed by atoms with Crippen LogP contribution in [-0.4, -0.2) is 49.3 Å². The van der Waals surface area contributed by atoms with Gasteiger partial charge in [-0.2, -0.15) is 5.26 Å². The minimum atomic E-state index is -0.292. The molecular weight excluding hydrogens is 226 g/mol. The summed E-state index contributed by atoms with van der Waals surface area (Å²) >= 11 is 0. The van der Waals surface area contributed by atoms with Crippen LogP contribution in [0.25, 0.3) is 0 Å². The minimum absolute atomic E-state index is 0.292. The van der Waals surface area contributed by atoms with E-state index < -0.39 is 0 Å². The predicted molar refractivity (Wildman–Crippen MR) is 71.3 cm³/mol. The Morgan fingerprint density at radius 3 is 3.00 bits per heavy atom. The number of nitrogens with one attached hydrogen (secondary N) is 1. The molecule has 18 heavy (non-hydrogen) atoms. The smallest absolute Gasteiger partial charge is 0.108 e. The Balaban J connectivity index is 1.97. The zero-order valence-electron chi connectivity index (χ0n) is 11.6. The Hall–Kier alpha value is -0.630. The van der Waals surface area contributed by atoms with Crippen molar-refractivity contribution in [3.05, 3.63) is 0 Å². The number of nitrogens with zero attached hydrogens (tertiary/aromatic N) is 2. The molecular formula is C14H25N3O. The van der Waals surface area contributed by atoms with Crippen LogP contribution in [0.2, 0.25) is 0 Å². The Morgan fingerprint density at radius 1 is 1.56 bits per heavy atom. The van der Waals surface area contributed by atoms with E-state index in [4.69, 9.17) is 4.74 Å². The Bertz CT molecular complexity index is 315. The molecule has 1 N–H and O–H groups in total. The van der Waals surface area contributed by atoms with E-state index in [9.17, 15) is 5.26 Å². The Labute approximate surface area is 110 Å². The average molecular weight is 251 g/mol. The van der Waals surface area contributed by atoms with Crippen LogP contribution in [0, 0.1) is 11.3 Å². The number of rotatable bonds is 3. The van der Waals surface area contributed by atoms with Gasteiger partial charge in [0.05, 0.1) is 12.2 Å². The van der Waals surface area contributed by atoms with Crippen molar-refractivity contribution in [2.75, 3.05) is 26.7 Å². The number of nitriles is 1. The fourth-order valence-electron chi connectivity index (χ4n) is 3.22. The largest absolute Gasteiger partial charge is 0.377 e. The van der Waals surface area contributed by atoms with Gasteiger partial charge in [-0.1, -0.05) is 6.92 Å². The van der Waals surface area contributed by atoms with Crippen molar-refractivity contribution in [1.29, 1.82) is 5.26 Å². The maximum Gasteiger partial charge on any atom is 0.108 e. The molecule has 1 saturated carbocycles. The van der Waals surface area contributed by atoms with Gasteiger partial charge in [0.25, 0.3) is 0 Å². The molecule has 1 aliphatic carbocycles. The van der Waals surface area contributed by atoms with Crippen LogP contribution >= 0.6 is 0 Å². The molecule has 102 valence electrons. The third kappa shape index (κ3) is 2.85. The van der Waals surface area contributed by atoms with Gasteiger partial charge in [-0.3, -0.25) is 4.90 Å². The summed E-state index contributed by atoms with van der Waals surface area (Å²) in [5.74, 6) is 0. The highest BCUT2D eigenvalue weighted by molar-refractivity contribution is 5.13. The average Bonchev–Trinajstić information content (AvgIpc) is 2.70. The molecule has 2 aliphatic rings. The summed E-state index contributed by atoms with van der Waals surface area (Å²) in [7, 11) is 1.91. The number of hydrogen-bond acceptors (Lipinski definition) is 4. The van der Waals surface area contributed by atoms with Crippen molar-refractivity contribution >= 4 is 0 Å². The van der Waals surface area contributed by atoms with Gasteiger partial charge in [-0.15, -0.1) is 0 Å². The summed E-state index contributed by atoms with van der Waals surface area (Å²) in [6.07, 6.45) is 5.63. The standard InChI is InChI=1S/C14H25N3O/c1-3-13-10-17(7-4-8-18-13)12-5-6-14(9-12,11-15)16-2/h12-13,16H,3-10H2,1-2H3. The fourth-order valence-corrected chi connectivity index (χ4v) is 3.22. The van der Waals surface area contributed by atoms with Crippen molar-refractivity contribution in [2.45, 2.75) is 56.7 Å². The lowest BCUT2D eigenvalue weighted by Crippen LogP contribution is -2.43. The first-order valence-electron chi connectivity index (χ1n) is 7.19. The third-order valence-corrected chi connectivity index (χ3v) is 4.53. The first-order valence-corrected chi connectivity index (χ1v) is 7.19. The fraction of sp³-hybridized carbons (Fsp3) is 0.929. The predicted octanol–water partition coefficient (Wildman–Crippen LogP) is 1.52. The van der Waals surface area contributed by atoms with Crippen molar-refractivity contribution < 1.29 is 4.74 Å². The van der Waals surface area contributed by atoms with E-state index in [0.717, 1.165) is 51.8 Å². The lowest BCUT2D eigenvalue weighted by Gasteiger charge is -2.30. The summed E-state index contributed by atoms with van der Waals surface area (Å²) in [4.78, 5) is 2.55. The molecule has 0 bridgehead atoms. The summed E-state index contributed by atoms with van der Waals surface area (Å²) in [6, 6.07) is 3.02. The molecule has 4 nitrogen and oxygen atoms in total. The van der Waals surface area contributed by atoms with E-state index in [2.05, 4.69) is 23.2 Å². The van der Waals surface area contributed by atoms with Crippen LogP contribution in [0.4, 0.5) is 0 Å². The normalized spacial score (nSPS) is 38.3. The lowest BCUT2D eigenvalue weighted by atomic mass is 10.00. The highest BCUT2D eigenvalue weighted by atomic mass is 16.5. The van der Waals surface area contributed by atoms with Gasteiger partial charge in [0.15, 0.2) is 0 Å². The molecule has 1 aliphatic heterocycles. The molecule has 0 amide bonds. The van der Waals surface area contributed by atoms with Crippen LogP contribution in [0.3, 0.4) is 0 Å². The molecule has 3 unspecified atom stereocenters. The van der Waals surface area contributed by atoms with E-state index in [-0.39, 0.29) is 5.54 Å². The van der Waals surface area contributed by atoms with Crippen molar-refractivity contribution in [1.82, 2.24) is 10.2 Å². The highest BCUT2D eigenvalue weighted by Crippen LogP contribution is 2.33. The first kappa shape index (κ1) is 13.8. The van der Waals surface area contributed by atoms with Gasteiger partial charge in [0, 0.05) is 25.7 Å². The lowest BCUT2D eigenvalue weighted by molar-refractivity contribution is 0.0454. The first-order chi connectivity index (χ1) is 8.73. The molecule has 1 saturated heterocycles. The maximum atomic E-state index is 9.33. The summed E-state index contributed by atoms with van der Waals surface area (Å²) in [5, 5.41) is 12.5. The Morgan fingerprint density at radius 2 is 2.39 bits per heavy atom. The molecule has 0 aromatic carbocycles. The van der Waals surface area contributed by atoms with Gasteiger partial charge in [-0.05, 0) is 39.2 Å². The summed E-state index contributed by atoms with van der Waals surface area (Å²) < 4.78 is 5.82. The minimum Gasteiger partial charge on any atom is -0.377 e. The van der Waals surface area contributed by atoms with E-state index in [1.165, 1.54) is 0 Å². The van der Waals surface area contributed by atoms with Crippen LogP contribution in [0.5, 0.6) is 0 Å². The summed E-state index contributed by atoms with van der Waals surface area (Å²) in [6.45, 7) is 5.23. The van der Waals surface area contributed by atoms with Crippen LogP contribution < -0.4 is 5.32 Å². The molecule has 2 rings (SSSR count). The molecule has 3 atom stereocenters. The van der Waals surface area contributed by atoms with E-state index in [1.54, 1.807) is 0 Å². The quantitative estimate of drug-likeness (QED) is 0.826. The second kappa shape index (κ2) is 6.01. The van der Waals surface area contributed by atoms with E-state index in [1.807, 2.05) is 7.05 Å². The zero-order chi connectivity index (χ0) is 13.0. The highest BCUT2D eigenvalue weighted by Gasteiger charge is 2.41. The molecule has 0 spiro atoms. The van der Waals surface area contributed by atoms with Crippen LogP contribution in [0.1, 0.15) is 39.0 Å². The van der Waals surface area contributed by atoms with Gasteiger partial charge in [-0.25, -0.2) is 0 Å². The molecule has 4 heteroatoms. The molecule has 0 radical (unpaired) electrons. The van der Waals surface area contributed by atoms with Crippen molar-refractivity contribution in [2.24, 2.45) is 0 Å². The molecule has 0 aromatic heterocycles. The number of ether oxygens (including phenoxy) is 1. The molecule has 0 aromatic rings. The zero-order valence-corrected chi connectivity index (χ0v) is 11.6. The molecule has 1 heterocycles. The third-order valence-electron chi connectivity index (χ3n) is 4.53. The Kier molecular flexibility index (Phi) is 4.60. The second-order valence-electron chi connectivity index (χ2n) is 5.59. The van der Waals surface area contributed by atoms with Gasteiger partial charge in [0.2, 0.25) is 0 Å². The van der Waals surface area contributed by atoms with E-state index >= 15 is 0 Å². The van der Waals surface area contributed by atoms with Crippen molar-refractivity contribution in [3.63, 3.8) is 0 Å². The van der Waals surface area contributed by atoms with Gasteiger partial charge in [0.1, 0.15) is 5.54 Å². The monoisotopic (exact) mass is 251 g/mol. The maximum absolute atomic E-state index is 9.33. The molecule has 2 fully saturated rings. The van der Waals surface area contributed by atoms with Gasteiger partial charge < -0.3 is 10.1 Å². The van der Waals surface area contributed by atoms with Crippen LogP contribution in [-0.2, 0) is 4.74 Å². The van der Waals surface area contributed by atoms with Crippen molar-refractivity contribution in [3.8, 4) is 6.07 Å². The SMILES string of the molecule is CCC1CN(C2CCC(C#N)(NC)C2)CCCO1. The van der Waals surface area contributed by atoms with E-state index in [0.29, 0.717) is 12.1 Å². The second-order valence-corrected chi connectivity index (χ2v) is 5.59.